The van der Waals surface area contributed by atoms with Gasteiger partial charge >= 0.3 is 6.85 Å². The Balaban J connectivity index is 1.23. The zero-order valence-electron chi connectivity index (χ0n) is 40.4. The van der Waals surface area contributed by atoms with E-state index in [1.807, 2.05) is 0 Å². The van der Waals surface area contributed by atoms with Crippen molar-refractivity contribution in [1.29, 1.82) is 0 Å². The minimum absolute atomic E-state index is 0.0544. The Morgan fingerprint density at radius 2 is 1.27 bits per heavy atom. The van der Waals surface area contributed by atoms with Gasteiger partial charge in [-0.1, -0.05) is 129 Å². The van der Waals surface area contributed by atoms with Gasteiger partial charge in [-0.05, 0) is 171 Å². The lowest BCUT2D eigenvalue weighted by Gasteiger charge is -2.46. The average molecular weight is 861 g/mol. The van der Waals surface area contributed by atoms with Crippen LogP contribution in [-0.2, 0) is 29.1 Å². The normalized spacial score (nSPS) is 16.8. The van der Waals surface area contributed by atoms with Crippen LogP contribution >= 0.6 is 0 Å². The first-order valence-electron chi connectivity index (χ1n) is 25.1. The smallest absolute Gasteiger partial charge is 0.333 e. The second-order valence-corrected chi connectivity index (χ2v) is 22.4. The first kappa shape index (κ1) is 40.3. The number of fused-ring (bicyclic) bond motifs is 15. The SMILES string of the molecule is CCCCc1ccc2c(c1)c1cc(CCCC)cc3c1n2-c1c2c(cc4c1oc1ccccc14)-c1cc4c(cc1N(c1cc5c(cc1C)C(C)(C)CCC5(C)C)B23)C(C)(C)c1ccccc1-4. The van der Waals surface area contributed by atoms with Crippen molar-refractivity contribution in [2.75, 3.05) is 4.81 Å². The van der Waals surface area contributed by atoms with Gasteiger partial charge in [-0.15, -0.1) is 0 Å². The zero-order chi connectivity index (χ0) is 45.2. The number of anilines is 2. The van der Waals surface area contributed by atoms with E-state index < -0.39 is 0 Å². The molecule has 2 aliphatic carbocycles. The van der Waals surface area contributed by atoms with Crippen LogP contribution < -0.4 is 15.7 Å². The molecular weight excluding hydrogens is 800 g/mol. The molecule has 7 aromatic carbocycles. The predicted molar refractivity (Wildman–Crippen MR) is 282 cm³/mol. The molecule has 4 heterocycles. The number of aryl methyl sites for hydroxylation is 3. The average Bonchev–Trinajstić information content (AvgIpc) is 3.92. The molecular formula is C62H61BN2O. The van der Waals surface area contributed by atoms with Crippen molar-refractivity contribution in [1.82, 2.24) is 4.57 Å². The number of aromatic nitrogens is 1. The van der Waals surface area contributed by atoms with Gasteiger partial charge in [-0.2, -0.15) is 0 Å². The number of unbranched alkanes of at least 4 members (excludes halogenated alkanes) is 2. The predicted octanol–water partition coefficient (Wildman–Crippen LogP) is 15.6. The van der Waals surface area contributed by atoms with E-state index in [1.54, 1.807) is 0 Å². The molecule has 2 aromatic heterocycles. The Morgan fingerprint density at radius 1 is 0.576 bits per heavy atom. The third-order valence-electron chi connectivity index (χ3n) is 17.1. The number of rotatable bonds is 7. The molecule has 0 spiro atoms. The van der Waals surface area contributed by atoms with Crippen molar-refractivity contribution >= 4 is 72.9 Å². The second kappa shape index (κ2) is 13.8. The number of hydrogen-bond donors (Lipinski definition) is 0. The summed E-state index contributed by atoms with van der Waals surface area (Å²) in [7, 11) is 0. The first-order valence-corrected chi connectivity index (χ1v) is 25.1. The van der Waals surface area contributed by atoms with Gasteiger partial charge in [-0.3, -0.25) is 0 Å². The van der Waals surface area contributed by atoms with Gasteiger partial charge in [0.1, 0.15) is 5.58 Å². The third kappa shape index (κ3) is 5.33. The summed E-state index contributed by atoms with van der Waals surface area (Å²) in [6.45, 7) is 21.7. The molecule has 0 N–H and O–H groups in total. The van der Waals surface area contributed by atoms with Crippen molar-refractivity contribution < 1.29 is 4.42 Å². The molecule has 66 heavy (non-hydrogen) atoms. The Morgan fingerprint density at radius 3 is 2.06 bits per heavy atom. The molecule has 0 radical (unpaired) electrons. The Labute approximate surface area is 390 Å². The molecule has 0 saturated heterocycles. The highest BCUT2D eigenvalue weighted by Gasteiger charge is 2.48. The van der Waals surface area contributed by atoms with E-state index in [0.717, 1.165) is 24.0 Å². The van der Waals surface area contributed by atoms with Crippen molar-refractivity contribution in [2.45, 2.75) is 130 Å². The summed E-state index contributed by atoms with van der Waals surface area (Å²) in [5.41, 5.74) is 26.5. The summed E-state index contributed by atoms with van der Waals surface area (Å²) >= 11 is 0. The Hall–Kier alpha value is -6.00. The van der Waals surface area contributed by atoms with Crippen LogP contribution in [0.2, 0.25) is 0 Å². The molecule has 328 valence electrons. The van der Waals surface area contributed by atoms with E-state index in [4.69, 9.17) is 4.42 Å². The highest BCUT2D eigenvalue weighted by Crippen LogP contribution is 2.56. The molecule has 13 rings (SSSR count). The molecule has 9 aromatic rings. The number of para-hydroxylation sites is 1. The second-order valence-electron chi connectivity index (χ2n) is 22.4. The van der Waals surface area contributed by atoms with E-state index in [-0.39, 0.29) is 23.1 Å². The van der Waals surface area contributed by atoms with E-state index >= 15 is 0 Å². The maximum absolute atomic E-state index is 7.23. The lowest BCUT2D eigenvalue weighted by molar-refractivity contribution is 0.332. The van der Waals surface area contributed by atoms with Crippen LogP contribution in [0.1, 0.15) is 133 Å². The van der Waals surface area contributed by atoms with Crippen LogP contribution in [0.3, 0.4) is 0 Å². The van der Waals surface area contributed by atoms with Crippen molar-refractivity contribution in [3.63, 3.8) is 0 Å². The van der Waals surface area contributed by atoms with Crippen LogP contribution in [0.15, 0.2) is 114 Å². The lowest BCUT2D eigenvalue weighted by atomic mass is 9.43. The summed E-state index contributed by atoms with van der Waals surface area (Å²) in [5, 5.41) is 5.08. The molecule has 2 aliphatic heterocycles. The molecule has 0 amide bonds. The Kier molecular flexibility index (Phi) is 8.42. The van der Waals surface area contributed by atoms with Gasteiger partial charge in [0.15, 0.2) is 5.58 Å². The zero-order valence-corrected chi connectivity index (χ0v) is 40.4. The molecule has 4 aliphatic rings. The number of benzene rings is 7. The van der Waals surface area contributed by atoms with Crippen molar-refractivity contribution in [2.24, 2.45) is 0 Å². The van der Waals surface area contributed by atoms with E-state index in [0.29, 0.717) is 0 Å². The fraction of sp³-hybridized carbons (Fsp3) is 0.323. The quantitative estimate of drug-likeness (QED) is 0.149. The maximum Gasteiger partial charge on any atom is 0.333 e. The van der Waals surface area contributed by atoms with Gasteiger partial charge in [0.05, 0.1) is 16.7 Å². The summed E-state index contributed by atoms with van der Waals surface area (Å²) in [4.78, 5) is 2.83. The van der Waals surface area contributed by atoms with Crippen LogP contribution in [0, 0.1) is 6.92 Å². The van der Waals surface area contributed by atoms with Gasteiger partial charge in [0.2, 0.25) is 0 Å². The van der Waals surface area contributed by atoms with Gasteiger partial charge in [0, 0.05) is 43.9 Å². The van der Waals surface area contributed by atoms with E-state index in [1.165, 1.54) is 160 Å². The standard InChI is InChI=1S/C62H61BN2O/c1-10-12-18-37-24-25-52-42(29-37)45-30-38(19-13-11-2)31-51-57(45)64(52)58-56-44(33-46-40-21-15-17-23-55(40)66-59(46)58)43-32-41-39-20-14-16-22-47(39)62(8,9)48(41)34-54(43)65(63(51)56)53-35-50-49(28-36(53)3)60(4,5)26-27-61(50,6)7/h14-17,20-25,28-35H,10-13,18-19,26-27H2,1-9H3. The summed E-state index contributed by atoms with van der Waals surface area (Å²) in [6.07, 6.45) is 9.24. The lowest BCUT2D eigenvalue weighted by Crippen LogP contribution is -2.61. The van der Waals surface area contributed by atoms with Crippen LogP contribution in [-0.4, -0.2) is 11.4 Å². The fourth-order valence-corrected chi connectivity index (χ4v) is 13.3. The van der Waals surface area contributed by atoms with Crippen LogP contribution in [0.4, 0.5) is 11.4 Å². The summed E-state index contributed by atoms with van der Waals surface area (Å²) < 4.78 is 9.87. The highest BCUT2D eigenvalue weighted by molar-refractivity contribution is 6.94. The maximum atomic E-state index is 7.23. The molecule has 0 saturated carbocycles. The van der Waals surface area contributed by atoms with E-state index in [2.05, 4.69) is 181 Å². The molecule has 4 heteroatoms. The highest BCUT2D eigenvalue weighted by atomic mass is 16.3. The Bertz CT molecular complexity index is 3570. The first-order chi connectivity index (χ1) is 31.8. The number of nitrogens with zero attached hydrogens (tertiary/aromatic N) is 2. The van der Waals surface area contributed by atoms with Crippen molar-refractivity contribution in [3.05, 3.63) is 148 Å². The minimum atomic E-state index is -0.151. The molecule has 0 atom stereocenters. The van der Waals surface area contributed by atoms with Gasteiger partial charge in [0.25, 0.3) is 0 Å². The molecule has 0 unspecified atom stereocenters. The largest absolute Gasteiger partial charge is 0.454 e. The number of hydrogen-bond acceptors (Lipinski definition) is 2. The third-order valence-corrected chi connectivity index (χ3v) is 17.1. The number of furan rings is 1. The van der Waals surface area contributed by atoms with Gasteiger partial charge in [-0.25, -0.2) is 0 Å². The van der Waals surface area contributed by atoms with Gasteiger partial charge < -0.3 is 13.8 Å². The summed E-state index contributed by atoms with van der Waals surface area (Å²) in [6, 6.07) is 43.4. The summed E-state index contributed by atoms with van der Waals surface area (Å²) in [5.74, 6) is 0. The van der Waals surface area contributed by atoms with Crippen LogP contribution in [0.25, 0.3) is 71.7 Å². The van der Waals surface area contributed by atoms with Crippen molar-refractivity contribution in [3.8, 4) is 27.9 Å². The molecule has 0 fully saturated rings. The van der Waals surface area contributed by atoms with Crippen LogP contribution in [0.5, 0.6) is 0 Å². The topological polar surface area (TPSA) is 21.3 Å². The molecule has 3 nitrogen and oxygen atoms in total. The monoisotopic (exact) mass is 860 g/mol. The minimum Gasteiger partial charge on any atom is -0.454 e. The fourth-order valence-electron chi connectivity index (χ4n) is 13.3. The molecule has 0 bridgehead atoms. The van der Waals surface area contributed by atoms with E-state index in [9.17, 15) is 0 Å².